The number of halogens is 4. The molecule has 1 fully saturated rings. The molecule has 0 aromatic heterocycles. The summed E-state index contributed by atoms with van der Waals surface area (Å²) in [5, 5.41) is 21.8. The first kappa shape index (κ1) is 24.7. The van der Waals surface area contributed by atoms with E-state index in [9.17, 15) is 28.6 Å². The summed E-state index contributed by atoms with van der Waals surface area (Å²) in [5.41, 5.74) is -1.16. The number of carbonyl (C=O) groups excluding carboxylic acids is 2. The molecule has 0 bridgehead atoms. The summed E-state index contributed by atoms with van der Waals surface area (Å²) in [4.78, 5) is 26.1. The van der Waals surface area contributed by atoms with Gasteiger partial charge >= 0.3 is 5.92 Å². The number of nitrogens with zero attached hydrogens (tertiary/aromatic N) is 1. The van der Waals surface area contributed by atoms with Gasteiger partial charge in [0, 0.05) is 17.3 Å². The lowest BCUT2D eigenvalue weighted by Gasteiger charge is -2.43. The van der Waals surface area contributed by atoms with E-state index < -0.39 is 59.7 Å². The molecular weight excluding hydrogens is 444 g/mol. The molecule has 2 aromatic carbocycles. The Balaban J connectivity index is 1.90. The van der Waals surface area contributed by atoms with Gasteiger partial charge in [0.15, 0.2) is 0 Å². The first-order valence-electron chi connectivity index (χ1n) is 10.3. The predicted molar refractivity (Wildman–Crippen MR) is 112 cm³/mol. The van der Waals surface area contributed by atoms with Gasteiger partial charge < -0.3 is 20.4 Å². The van der Waals surface area contributed by atoms with Gasteiger partial charge in [0.05, 0.1) is 24.3 Å². The maximum atomic E-state index is 15.2. The van der Waals surface area contributed by atoms with Crippen molar-refractivity contribution < 1.29 is 37.4 Å². The van der Waals surface area contributed by atoms with Gasteiger partial charge in [0.1, 0.15) is 11.6 Å². The van der Waals surface area contributed by atoms with Gasteiger partial charge in [0.2, 0.25) is 0 Å². The molecule has 0 spiro atoms. The first-order valence-corrected chi connectivity index (χ1v) is 10.3. The average molecular weight is 468 g/mol. The summed E-state index contributed by atoms with van der Waals surface area (Å²) in [6.07, 6.45) is -0.931. The van der Waals surface area contributed by atoms with Crippen LogP contribution in [0.4, 0.5) is 23.2 Å². The number of benzene rings is 2. The number of piperidine rings is 1. The van der Waals surface area contributed by atoms with Gasteiger partial charge in [-0.15, -0.1) is 0 Å². The number of hydrogen-bond donors (Lipinski definition) is 3. The summed E-state index contributed by atoms with van der Waals surface area (Å²) >= 11 is 0. The third kappa shape index (κ3) is 5.01. The second kappa shape index (κ2) is 9.48. The van der Waals surface area contributed by atoms with Gasteiger partial charge in [-0.05, 0) is 68.7 Å². The number of amides is 2. The first-order chi connectivity index (χ1) is 15.4. The summed E-state index contributed by atoms with van der Waals surface area (Å²) in [5.74, 6) is -8.79. The van der Waals surface area contributed by atoms with Crippen LogP contribution >= 0.6 is 0 Å². The zero-order valence-corrected chi connectivity index (χ0v) is 18.0. The number of hydrogen-bond acceptors (Lipinski definition) is 4. The molecule has 0 aliphatic carbocycles. The van der Waals surface area contributed by atoms with E-state index in [1.165, 1.54) is 26.0 Å². The van der Waals surface area contributed by atoms with Gasteiger partial charge in [-0.3, -0.25) is 9.59 Å². The number of alkyl halides is 2. The molecule has 1 unspecified atom stereocenters. The lowest BCUT2D eigenvalue weighted by molar-refractivity contribution is -0.170. The summed E-state index contributed by atoms with van der Waals surface area (Å²) in [7, 11) is 0. The second-order valence-electron chi connectivity index (χ2n) is 8.21. The predicted octanol–water partition coefficient (Wildman–Crippen LogP) is 3.35. The fourth-order valence-corrected chi connectivity index (χ4v) is 4.03. The Bertz CT molecular complexity index is 1060. The van der Waals surface area contributed by atoms with E-state index in [0.717, 1.165) is 17.0 Å². The number of carbonyl (C=O) groups is 2. The van der Waals surface area contributed by atoms with Crippen LogP contribution in [-0.4, -0.2) is 51.7 Å². The lowest BCUT2D eigenvalue weighted by Crippen LogP contribution is -2.57. The van der Waals surface area contributed by atoms with Crippen LogP contribution in [0.3, 0.4) is 0 Å². The van der Waals surface area contributed by atoms with Crippen molar-refractivity contribution >= 4 is 17.5 Å². The van der Waals surface area contributed by atoms with Crippen molar-refractivity contribution in [2.75, 3.05) is 11.9 Å². The number of rotatable bonds is 5. The maximum absolute atomic E-state index is 15.2. The van der Waals surface area contributed by atoms with Crippen LogP contribution in [0.5, 0.6) is 0 Å². The Morgan fingerprint density at radius 2 is 1.79 bits per heavy atom. The molecule has 3 N–H and O–H groups in total. The Morgan fingerprint density at radius 1 is 1.12 bits per heavy atom. The molecule has 0 saturated carbocycles. The molecule has 3 atom stereocenters. The van der Waals surface area contributed by atoms with Crippen molar-refractivity contribution in [3.63, 3.8) is 0 Å². The number of anilines is 1. The van der Waals surface area contributed by atoms with E-state index in [0.29, 0.717) is 12.1 Å². The average Bonchev–Trinajstić information content (AvgIpc) is 2.75. The van der Waals surface area contributed by atoms with Gasteiger partial charge in [-0.1, -0.05) is 0 Å². The van der Waals surface area contributed by atoms with Crippen molar-refractivity contribution in [3.8, 4) is 0 Å². The van der Waals surface area contributed by atoms with Gasteiger partial charge in [-0.25, -0.2) is 8.78 Å². The van der Waals surface area contributed by atoms with Crippen LogP contribution in [0.25, 0.3) is 0 Å². The van der Waals surface area contributed by atoms with Crippen LogP contribution in [0.15, 0.2) is 36.4 Å². The van der Waals surface area contributed by atoms with Crippen molar-refractivity contribution in [3.05, 3.63) is 64.7 Å². The highest BCUT2D eigenvalue weighted by atomic mass is 19.3. The van der Waals surface area contributed by atoms with Crippen LogP contribution in [-0.2, 0) is 10.7 Å². The number of aliphatic hydroxyl groups excluding tert-OH is 2. The minimum Gasteiger partial charge on any atom is -0.394 e. The van der Waals surface area contributed by atoms with Crippen LogP contribution < -0.4 is 5.32 Å². The zero-order chi connectivity index (χ0) is 24.5. The molecule has 33 heavy (non-hydrogen) atoms. The van der Waals surface area contributed by atoms with E-state index >= 15 is 8.78 Å². The van der Waals surface area contributed by atoms with E-state index in [1.807, 2.05) is 0 Å². The molecule has 1 aliphatic rings. The van der Waals surface area contributed by atoms with Gasteiger partial charge in [-0.2, -0.15) is 8.78 Å². The standard InChI is InChI=1S/C23H24F4N2O4/c1-12-7-15(4-6-19(12)24)28-21(32)14-3-5-20(25)18(9-14)23(26,27)22(33)29-13(2)8-17(31)10-16(29)11-30/h3-7,9,13,16-17,30-31H,8,10-11H2,1-2H3,(H,28,32)/t13-,16-,17?/m0/s1. The number of aryl methyl sites for hydroxylation is 1. The molecule has 1 heterocycles. The fraction of sp³-hybridized carbons (Fsp3) is 0.391. The highest BCUT2D eigenvalue weighted by Crippen LogP contribution is 2.36. The van der Waals surface area contributed by atoms with Crippen LogP contribution in [0, 0.1) is 18.6 Å². The van der Waals surface area contributed by atoms with E-state index in [4.69, 9.17) is 0 Å². The Morgan fingerprint density at radius 3 is 2.42 bits per heavy atom. The second-order valence-corrected chi connectivity index (χ2v) is 8.21. The third-order valence-corrected chi connectivity index (χ3v) is 5.72. The summed E-state index contributed by atoms with van der Waals surface area (Å²) in [6.45, 7) is 2.28. The van der Waals surface area contributed by atoms with Gasteiger partial charge in [0.25, 0.3) is 11.8 Å². The Hall–Kier alpha value is -2.98. The minimum absolute atomic E-state index is 0.0281. The SMILES string of the molecule is Cc1cc(NC(=O)c2ccc(F)c(C(F)(F)C(=O)N3[C@H](CO)CC(O)C[C@@H]3C)c2)ccc1F. The zero-order valence-electron chi connectivity index (χ0n) is 18.0. The number of nitrogens with one attached hydrogen (secondary N) is 1. The molecule has 1 saturated heterocycles. The largest absolute Gasteiger partial charge is 0.394 e. The maximum Gasteiger partial charge on any atom is 0.352 e. The molecular formula is C23H24F4N2O4. The molecule has 178 valence electrons. The third-order valence-electron chi connectivity index (χ3n) is 5.72. The smallest absolute Gasteiger partial charge is 0.352 e. The highest BCUT2D eigenvalue weighted by Gasteiger charge is 2.50. The van der Waals surface area contributed by atoms with Crippen LogP contribution in [0.1, 0.15) is 41.3 Å². The van der Waals surface area contributed by atoms with Crippen molar-refractivity contribution in [2.45, 2.75) is 50.8 Å². The topological polar surface area (TPSA) is 89.9 Å². The Labute approximate surface area is 187 Å². The molecule has 2 aromatic rings. The number of aliphatic hydroxyl groups is 2. The number of likely N-dealkylation sites (tertiary alicyclic amines) is 1. The highest BCUT2D eigenvalue weighted by molar-refractivity contribution is 6.04. The quantitative estimate of drug-likeness (QED) is 0.588. The molecule has 10 heteroatoms. The van der Waals surface area contributed by atoms with Crippen LogP contribution in [0.2, 0.25) is 0 Å². The van der Waals surface area contributed by atoms with E-state index in [1.54, 1.807) is 0 Å². The van der Waals surface area contributed by atoms with Crippen molar-refractivity contribution in [1.29, 1.82) is 0 Å². The van der Waals surface area contributed by atoms with E-state index in [-0.39, 0.29) is 29.7 Å². The molecule has 0 radical (unpaired) electrons. The van der Waals surface area contributed by atoms with Crippen molar-refractivity contribution in [1.82, 2.24) is 4.90 Å². The monoisotopic (exact) mass is 468 g/mol. The van der Waals surface area contributed by atoms with E-state index in [2.05, 4.69) is 5.32 Å². The molecule has 3 rings (SSSR count). The minimum atomic E-state index is -4.34. The molecule has 6 nitrogen and oxygen atoms in total. The lowest BCUT2D eigenvalue weighted by atomic mass is 9.92. The van der Waals surface area contributed by atoms with Crippen molar-refractivity contribution in [2.24, 2.45) is 0 Å². The fourth-order valence-electron chi connectivity index (χ4n) is 4.03. The molecule has 2 amide bonds. The normalized spacial score (nSPS) is 21.1. The Kier molecular flexibility index (Phi) is 7.08. The summed E-state index contributed by atoms with van der Waals surface area (Å²) < 4.78 is 58.2. The molecule has 1 aliphatic heterocycles. The summed E-state index contributed by atoms with van der Waals surface area (Å²) in [6, 6.07) is 4.12.